The number of carbonyl (C=O) groups excluding carboxylic acids is 1. The van der Waals surface area contributed by atoms with E-state index in [1.54, 1.807) is 12.1 Å². The number of rotatable bonds is 4. The van der Waals surface area contributed by atoms with Gasteiger partial charge in [-0.2, -0.15) is 0 Å². The number of quaternary nitrogens is 1. The van der Waals surface area contributed by atoms with Gasteiger partial charge in [0, 0.05) is 17.2 Å². The molecule has 0 radical (unpaired) electrons. The van der Waals surface area contributed by atoms with E-state index in [2.05, 4.69) is 24.3 Å². The molecule has 2 aliphatic heterocycles. The van der Waals surface area contributed by atoms with Crippen molar-refractivity contribution in [2.45, 2.75) is 25.9 Å². The second kappa shape index (κ2) is 7.80. The van der Waals surface area contributed by atoms with Crippen molar-refractivity contribution in [2.75, 3.05) is 36.7 Å². The number of benzene rings is 2. The van der Waals surface area contributed by atoms with Gasteiger partial charge >= 0.3 is 0 Å². The van der Waals surface area contributed by atoms with E-state index in [-0.39, 0.29) is 11.9 Å². The normalized spacial score (nSPS) is 20.0. The smallest absolute Gasteiger partial charge is 0.254 e. The lowest BCUT2D eigenvalue weighted by molar-refractivity contribution is -0.917. The van der Waals surface area contributed by atoms with Gasteiger partial charge in [-0.25, -0.2) is 8.42 Å². The second-order valence-corrected chi connectivity index (χ2v) is 10.0. The summed E-state index contributed by atoms with van der Waals surface area (Å²) in [5.74, 6) is 0.0389. The third-order valence-corrected chi connectivity index (χ3v) is 7.16. The fraction of sp³-hybridized carbons (Fsp3) is 0.409. The lowest BCUT2D eigenvalue weighted by atomic mass is 10.1. The topological polar surface area (TPSA) is 62.1 Å². The highest BCUT2D eigenvalue weighted by atomic mass is 32.2. The Kier molecular flexibility index (Phi) is 5.36. The summed E-state index contributed by atoms with van der Waals surface area (Å²) in [7, 11) is -3.32. The average molecular weight is 415 g/mol. The Morgan fingerprint density at radius 1 is 1.10 bits per heavy atom. The van der Waals surface area contributed by atoms with Crippen LogP contribution in [0.15, 0.2) is 48.5 Å². The molecule has 2 heterocycles. The van der Waals surface area contributed by atoms with Crippen molar-refractivity contribution >= 4 is 21.6 Å². The number of fused-ring (bicyclic) bond motifs is 1. The first-order valence-corrected chi connectivity index (χ1v) is 12.0. The molecule has 0 bridgehead atoms. The van der Waals surface area contributed by atoms with E-state index in [0.717, 1.165) is 38.3 Å². The van der Waals surface area contributed by atoms with Crippen LogP contribution in [-0.2, 0) is 23.0 Å². The average Bonchev–Trinajstić information content (AvgIpc) is 3.04. The second-order valence-electron chi connectivity index (χ2n) is 8.16. The number of nitrogens with zero attached hydrogens (tertiary/aromatic N) is 2. The Bertz CT molecular complexity index is 999. The van der Waals surface area contributed by atoms with Gasteiger partial charge in [-0.3, -0.25) is 9.10 Å². The largest absolute Gasteiger partial charge is 0.328 e. The highest BCUT2D eigenvalue weighted by molar-refractivity contribution is 7.92. The van der Waals surface area contributed by atoms with Crippen LogP contribution >= 0.6 is 0 Å². The van der Waals surface area contributed by atoms with Crippen LogP contribution in [0.2, 0.25) is 0 Å². The van der Waals surface area contributed by atoms with Crippen LogP contribution in [0, 0.1) is 0 Å². The molecule has 1 N–H and O–H groups in total. The van der Waals surface area contributed by atoms with Crippen LogP contribution in [0.1, 0.15) is 28.4 Å². The molecular weight excluding hydrogens is 386 g/mol. The molecule has 1 atom stereocenters. The number of nitrogens with one attached hydrogen (secondary N) is 1. The summed E-state index contributed by atoms with van der Waals surface area (Å²) in [6, 6.07) is 15.8. The van der Waals surface area contributed by atoms with E-state index >= 15 is 0 Å². The molecule has 4 rings (SSSR count). The number of hydrogen-bond donors (Lipinski definition) is 1. The zero-order valence-corrected chi connectivity index (χ0v) is 17.8. The van der Waals surface area contributed by atoms with Gasteiger partial charge in [-0.15, -0.1) is 0 Å². The van der Waals surface area contributed by atoms with E-state index in [4.69, 9.17) is 0 Å². The van der Waals surface area contributed by atoms with E-state index in [0.29, 0.717) is 17.7 Å². The van der Waals surface area contributed by atoms with E-state index in [9.17, 15) is 13.2 Å². The van der Waals surface area contributed by atoms with Crippen LogP contribution in [-0.4, -0.2) is 57.7 Å². The maximum Gasteiger partial charge on any atom is 0.254 e. The minimum absolute atomic E-state index is 0.0389. The molecule has 29 heavy (non-hydrogen) atoms. The number of carbonyl (C=O) groups is 1. The fourth-order valence-corrected chi connectivity index (χ4v) is 5.77. The first kappa shape index (κ1) is 19.9. The Morgan fingerprint density at radius 3 is 2.45 bits per heavy atom. The zero-order valence-electron chi connectivity index (χ0n) is 17.0. The van der Waals surface area contributed by atoms with Crippen molar-refractivity contribution in [1.29, 1.82) is 0 Å². The molecule has 0 aliphatic carbocycles. The number of amides is 1. The van der Waals surface area contributed by atoms with Gasteiger partial charge in [0.15, 0.2) is 0 Å². The molecule has 2 aromatic carbocycles. The predicted octanol–water partition coefficient (Wildman–Crippen LogP) is 0.938. The standard InChI is InChI=1S/C22H27N3O3S/c1-17-14-20-15-19(8-9-21(20)25(17)29(2,27)28)22(26)24-12-10-23(11-13-24)16-18-6-4-3-5-7-18/h3-9,15,17H,10-14,16H2,1-2H3/p+1/t17-/m0/s1. The quantitative estimate of drug-likeness (QED) is 0.810. The van der Waals surface area contributed by atoms with Gasteiger partial charge in [0.2, 0.25) is 10.0 Å². The SMILES string of the molecule is C[C@H]1Cc2cc(C(=O)N3CC[NH+](Cc4ccccc4)CC3)ccc2N1S(C)(=O)=O. The highest BCUT2D eigenvalue weighted by Crippen LogP contribution is 2.34. The van der Waals surface area contributed by atoms with Gasteiger partial charge in [-0.1, -0.05) is 30.3 Å². The van der Waals surface area contributed by atoms with E-state index < -0.39 is 10.0 Å². The Balaban J connectivity index is 1.42. The summed E-state index contributed by atoms with van der Waals surface area (Å²) in [5, 5.41) is 0. The molecule has 1 fully saturated rings. The van der Waals surface area contributed by atoms with Crippen LogP contribution in [0.25, 0.3) is 0 Å². The number of piperazine rings is 1. The van der Waals surface area contributed by atoms with Gasteiger partial charge in [0.25, 0.3) is 5.91 Å². The molecule has 6 nitrogen and oxygen atoms in total. The first-order chi connectivity index (χ1) is 13.8. The summed E-state index contributed by atoms with van der Waals surface area (Å²) < 4.78 is 25.6. The minimum Gasteiger partial charge on any atom is -0.328 e. The number of anilines is 1. The Hall–Kier alpha value is -2.38. The fourth-order valence-electron chi connectivity index (χ4n) is 4.51. The maximum absolute atomic E-state index is 13.0. The molecule has 0 aromatic heterocycles. The maximum atomic E-state index is 13.0. The lowest BCUT2D eigenvalue weighted by Gasteiger charge is -2.32. The van der Waals surface area contributed by atoms with Crippen LogP contribution < -0.4 is 9.21 Å². The molecule has 154 valence electrons. The summed E-state index contributed by atoms with van der Waals surface area (Å²) in [4.78, 5) is 16.4. The Labute approximate surface area is 172 Å². The van der Waals surface area contributed by atoms with Gasteiger partial charge in [0.1, 0.15) is 6.54 Å². The minimum atomic E-state index is -3.32. The monoisotopic (exact) mass is 414 g/mol. The van der Waals surface area contributed by atoms with E-state index in [1.165, 1.54) is 21.0 Å². The van der Waals surface area contributed by atoms with Crippen molar-refractivity contribution in [1.82, 2.24) is 4.90 Å². The molecule has 0 spiro atoms. The molecule has 7 heteroatoms. The third kappa shape index (κ3) is 4.16. The molecule has 0 saturated carbocycles. The van der Waals surface area contributed by atoms with Crippen LogP contribution in [0.3, 0.4) is 0 Å². The molecule has 2 aliphatic rings. The van der Waals surface area contributed by atoms with Gasteiger partial charge in [-0.05, 0) is 37.1 Å². The third-order valence-electron chi connectivity index (χ3n) is 5.89. The predicted molar refractivity (Wildman–Crippen MR) is 114 cm³/mol. The van der Waals surface area contributed by atoms with E-state index in [1.807, 2.05) is 24.0 Å². The summed E-state index contributed by atoms with van der Waals surface area (Å²) in [6.45, 7) is 6.24. The first-order valence-electron chi connectivity index (χ1n) is 10.1. The van der Waals surface area contributed by atoms with Crippen molar-refractivity contribution < 1.29 is 18.1 Å². The van der Waals surface area contributed by atoms with Gasteiger partial charge < -0.3 is 9.80 Å². The summed E-state index contributed by atoms with van der Waals surface area (Å²) in [5.41, 5.74) is 3.61. The van der Waals surface area contributed by atoms with Crippen molar-refractivity contribution in [3.8, 4) is 0 Å². The van der Waals surface area contributed by atoms with Crippen molar-refractivity contribution in [3.05, 3.63) is 65.2 Å². The van der Waals surface area contributed by atoms with Gasteiger partial charge in [0.05, 0.1) is 38.1 Å². The van der Waals surface area contributed by atoms with Crippen molar-refractivity contribution in [2.24, 2.45) is 0 Å². The molecule has 2 aromatic rings. The number of hydrogen-bond acceptors (Lipinski definition) is 3. The Morgan fingerprint density at radius 2 is 1.79 bits per heavy atom. The summed E-state index contributed by atoms with van der Waals surface area (Å²) in [6.07, 6.45) is 1.87. The number of sulfonamides is 1. The summed E-state index contributed by atoms with van der Waals surface area (Å²) >= 11 is 0. The molecule has 1 saturated heterocycles. The highest BCUT2D eigenvalue weighted by Gasteiger charge is 2.33. The molecule has 1 amide bonds. The lowest BCUT2D eigenvalue weighted by Crippen LogP contribution is -3.13. The molecular formula is C22H28N3O3S+. The molecule has 0 unspecified atom stereocenters. The van der Waals surface area contributed by atoms with Crippen LogP contribution in [0.5, 0.6) is 0 Å². The van der Waals surface area contributed by atoms with Crippen molar-refractivity contribution in [3.63, 3.8) is 0 Å². The van der Waals surface area contributed by atoms with Crippen LogP contribution in [0.4, 0.5) is 5.69 Å². The zero-order chi connectivity index (χ0) is 20.6.